The first-order valence-corrected chi connectivity index (χ1v) is 12.9. The summed E-state index contributed by atoms with van der Waals surface area (Å²) in [6.45, 7) is 9.19. The molecule has 0 unspecified atom stereocenters. The number of benzene rings is 2. The number of amides is 1. The predicted molar refractivity (Wildman–Crippen MR) is 139 cm³/mol. The van der Waals surface area contributed by atoms with E-state index in [1.54, 1.807) is 0 Å². The number of carbonyl (C=O) groups excluding carboxylic acids is 1. The smallest absolute Gasteiger partial charge is 0.410 e. The van der Waals surface area contributed by atoms with Gasteiger partial charge in [0.2, 0.25) is 0 Å². The van der Waals surface area contributed by atoms with Crippen molar-refractivity contribution < 1.29 is 14.3 Å². The lowest BCUT2D eigenvalue weighted by molar-refractivity contribution is 0.0260. The van der Waals surface area contributed by atoms with Gasteiger partial charge in [0.25, 0.3) is 0 Å². The molecule has 182 valence electrons. The Bertz CT molecular complexity index is 1300. The molecule has 1 amide bonds. The average Bonchev–Trinajstić information content (AvgIpc) is 3.40. The van der Waals surface area contributed by atoms with Crippen LogP contribution in [0.5, 0.6) is 5.75 Å². The second-order valence-corrected chi connectivity index (χ2v) is 11.7. The predicted octanol–water partition coefficient (Wildman–Crippen LogP) is 7.05. The van der Waals surface area contributed by atoms with E-state index < -0.39 is 5.60 Å². The van der Waals surface area contributed by atoms with Gasteiger partial charge in [-0.1, -0.05) is 24.6 Å². The van der Waals surface area contributed by atoms with Gasteiger partial charge in [0.1, 0.15) is 18.0 Å². The summed E-state index contributed by atoms with van der Waals surface area (Å²) in [7, 11) is 0. The molecule has 2 aromatic rings. The molecule has 2 atom stereocenters. The van der Waals surface area contributed by atoms with Crippen LogP contribution in [0.1, 0.15) is 63.6 Å². The highest BCUT2D eigenvalue weighted by Crippen LogP contribution is 2.46. The zero-order chi connectivity index (χ0) is 24.5. The van der Waals surface area contributed by atoms with Crippen LogP contribution in [0.2, 0.25) is 5.02 Å². The normalized spacial score (nSPS) is 22.7. The first kappa shape index (κ1) is 22.7. The molecule has 4 aliphatic rings. The van der Waals surface area contributed by atoms with Crippen LogP contribution in [-0.4, -0.2) is 34.9 Å². The van der Waals surface area contributed by atoms with Crippen molar-refractivity contribution >= 4 is 29.0 Å². The molecule has 2 aromatic carbocycles. The molecular formula is C29H31ClN2O3. The van der Waals surface area contributed by atoms with Gasteiger partial charge in [-0.25, -0.2) is 4.79 Å². The number of nitrogens with zero attached hydrogens (tertiary/aromatic N) is 2. The molecule has 6 heteroatoms. The van der Waals surface area contributed by atoms with Gasteiger partial charge in [0, 0.05) is 35.0 Å². The summed E-state index contributed by atoms with van der Waals surface area (Å²) in [4.78, 5) is 20.0. The first-order chi connectivity index (χ1) is 16.7. The number of rotatable bonds is 1. The third kappa shape index (κ3) is 4.04. The summed E-state index contributed by atoms with van der Waals surface area (Å²) in [6, 6.07) is 10.5. The summed E-state index contributed by atoms with van der Waals surface area (Å²) in [5, 5.41) is 0.737. The number of fused-ring (bicyclic) bond motifs is 5. The zero-order valence-electron chi connectivity index (χ0n) is 20.8. The highest BCUT2D eigenvalue weighted by Gasteiger charge is 2.41. The highest BCUT2D eigenvalue weighted by molar-refractivity contribution is 6.30. The number of allylic oxidation sites excluding steroid dienone is 2. The van der Waals surface area contributed by atoms with E-state index in [0.29, 0.717) is 19.1 Å². The number of aliphatic imine (C=N–C) groups is 1. The molecule has 1 fully saturated rings. The van der Waals surface area contributed by atoms with Crippen LogP contribution in [0, 0.1) is 5.92 Å². The minimum absolute atomic E-state index is 0.000553. The molecule has 1 saturated heterocycles. The number of halogens is 1. The minimum Gasteiger partial charge on any atom is -0.488 e. The molecule has 3 aliphatic heterocycles. The van der Waals surface area contributed by atoms with Crippen molar-refractivity contribution in [3.8, 4) is 16.9 Å². The van der Waals surface area contributed by atoms with Crippen LogP contribution >= 0.6 is 11.6 Å². The summed E-state index contributed by atoms with van der Waals surface area (Å²) in [5.74, 6) is 1.35. The number of likely N-dealkylation sites (tertiary alicyclic amines) is 1. The molecule has 0 saturated carbocycles. The van der Waals surface area contributed by atoms with Crippen molar-refractivity contribution in [1.82, 2.24) is 4.90 Å². The van der Waals surface area contributed by atoms with Gasteiger partial charge in [-0.2, -0.15) is 0 Å². The fourth-order valence-electron chi connectivity index (χ4n) is 5.89. The van der Waals surface area contributed by atoms with Crippen LogP contribution in [0.25, 0.3) is 16.7 Å². The van der Waals surface area contributed by atoms with E-state index in [4.69, 9.17) is 26.1 Å². The molecular weight excluding hydrogens is 460 g/mol. The van der Waals surface area contributed by atoms with E-state index in [0.717, 1.165) is 53.3 Å². The van der Waals surface area contributed by atoms with Gasteiger partial charge in [-0.3, -0.25) is 9.89 Å². The Hall–Kier alpha value is -2.79. The number of hydrogen-bond acceptors (Lipinski definition) is 4. The Kier molecular flexibility index (Phi) is 5.26. The summed E-state index contributed by atoms with van der Waals surface area (Å²) in [6.07, 6.45) is 3.36. The Morgan fingerprint density at radius 2 is 1.94 bits per heavy atom. The van der Waals surface area contributed by atoms with Crippen molar-refractivity contribution in [3.63, 3.8) is 0 Å². The van der Waals surface area contributed by atoms with Crippen LogP contribution in [-0.2, 0) is 17.8 Å². The van der Waals surface area contributed by atoms with Gasteiger partial charge in [-0.15, -0.1) is 0 Å². The number of hydrogen-bond donors (Lipinski definition) is 0. The molecule has 35 heavy (non-hydrogen) atoms. The fourth-order valence-corrected chi connectivity index (χ4v) is 6.09. The topological polar surface area (TPSA) is 51.1 Å². The van der Waals surface area contributed by atoms with E-state index in [-0.39, 0.29) is 12.1 Å². The molecule has 0 spiro atoms. The fraction of sp³-hybridized carbons (Fsp3) is 0.448. The van der Waals surface area contributed by atoms with Gasteiger partial charge in [0.05, 0.1) is 6.04 Å². The molecule has 6 rings (SSSR count). The molecule has 1 aliphatic carbocycles. The number of carbonyl (C=O) groups is 1. The SMILES string of the molecule is C[C@H]1C[C@@H](C2=NC3=C(C2)c2cc4c(cc2CC3)-c2ccc(Cl)cc2CO4)N(C(=O)OC(C)(C)C)C1. The zero-order valence-corrected chi connectivity index (χ0v) is 21.5. The van der Waals surface area contributed by atoms with Gasteiger partial charge < -0.3 is 9.47 Å². The van der Waals surface area contributed by atoms with Crippen molar-refractivity contribution in [2.24, 2.45) is 10.9 Å². The molecule has 0 N–H and O–H groups in total. The molecule has 3 heterocycles. The maximum atomic E-state index is 13.0. The van der Waals surface area contributed by atoms with E-state index in [2.05, 4.69) is 25.1 Å². The maximum absolute atomic E-state index is 13.0. The van der Waals surface area contributed by atoms with E-state index in [9.17, 15) is 4.79 Å². The van der Waals surface area contributed by atoms with Crippen LogP contribution in [0.3, 0.4) is 0 Å². The Balaban J connectivity index is 1.29. The Morgan fingerprint density at radius 1 is 1.11 bits per heavy atom. The highest BCUT2D eigenvalue weighted by atomic mass is 35.5. The molecule has 5 nitrogen and oxygen atoms in total. The Morgan fingerprint density at radius 3 is 2.74 bits per heavy atom. The van der Waals surface area contributed by atoms with E-state index >= 15 is 0 Å². The maximum Gasteiger partial charge on any atom is 0.410 e. The van der Waals surface area contributed by atoms with E-state index in [1.807, 2.05) is 37.8 Å². The largest absolute Gasteiger partial charge is 0.488 e. The second-order valence-electron chi connectivity index (χ2n) is 11.3. The van der Waals surface area contributed by atoms with Crippen LogP contribution < -0.4 is 4.74 Å². The van der Waals surface area contributed by atoms with Crippen molar-refractivity contribution in [3.05, 3.63) is 57.7 Å². The van der Waals surface area contributed by atoms with Crippen molar-refractivity contribution in [2.45, 2.75) is 71.6 Å². The van der Waals surface area contributed by atoms with Crippen LogP contribution in [0.4, 0.5) is 4.79 Å². The third-order valence-corrected chi connectivity index (χ3v) is 7.65. The summed E-state index contributed by atoms with van der Waals surface area (Å²) >= 11 is 6.21. The summed E-state index contributed by atoms with van der Waals surface area (Å²) < 4.78 is 11.9. The third-order valence-electron chi connectivity index (χ3n) is 7.41. The van der Waals surface area contributed by atoms with Crippen molar-refractivity contribution in [1.29, 1.82) is 0 Å². The van der Waals surface area contributed by atoms with Gasteiger partial charge in [-0.05, 0) is 98.0 Å². The van der Waals surface area contributed by atoms with Crippen molar-refractivity contribution in [2.75, 3.05) is 6.54 Å². The standard InChI is InChI=1S/C29H31ClN2O3/c1-16-9-26(32(14-16)28(33)35-29(2,3)4)25-12-22-21-13-27-23(11-17(21)5-8-24(22)31-25)20-7-6-19(30)10-18(20)15-34-27/h6-7,10-11,13,16,26H,5,8-9,12,14-15H2,1-4H3/t16-,26-/m0/s1. The van der Waals surface area contributed by atoms with E-state index in [1.165, 1.54) is 28.0 Å². The Labute approximate surface area is 211 Å². The first-order valence-electron chi connectivity index (χ1n) is 12.5. The minimum atomic E-state index is -0.510. The quantitative estimate of drug-likeness (QED) is 0.430. The number of ether oxygens (including phenoxy) is 2. The lowest BCUT2D eigenvalue weighted by atomic mass is 9.84. The monoisotopic (exact) mass is 490 g/mol. The molecule has 0 bridgehead atoms. The number of aryl methyl sites for hydroxylation is 1. The van der Waals surface area contributed by atoms with Gasteiger partial charge >= 0.3 is 6.09 Å². The summed E-state index contributed by atoms with van der Waals surface area (Å²) in [5.41, 5.74) is 9.11. The molecule has 0 radical (unpaired) electrons. The van der Waals surface area contributed by atoms with Gasteiger partial charge in [0.15, 0.2) is 0 Å². The van der Waals surface area contributed by atoms with Crippen LogP contribution in [0.15, 0.2) is 41.0 Å². The second kappa shape index (κ2) is 8.12. The molecule has 0 aromatic heterocycles. The average molecular weight is 491 g/mol. The lowest BCUT2D eigenvalue weighted by Crippen LogP contribution is -2.43. The lowest BCUT2D eigenvalue weighted by Gasteiger charge is -2.29.